The summed E-state index contributed by atoms with van der Waals surface area (Å²) in [4.78, 5) is 56.1. The summed E-state index contributed by atoms with van der Waals surface area (Å²) in [5, 5.41) is 19.7. The highest BCUT2D eigenvalue weighted by Crippen LogP contribution is 2.68. The number of hydrogen-bond acceptors (Lipinski definition) is 6. The molecule has 4 fully saturated rings. The number of benzene rings is 2. The molecule has 2 heterocycles. The number of rotatable bonds is 2. The van der Waals surface area contributed by atoms with Crippen molar-refractivity contribution in [2.75, 3.05) is 9.80 Å². The number of carbonyl (C=O) groups excluding carboxylic acids is 4. The Balaban J connectivity index is 1.26. The predicted octanol–water partition coefficient (Wildman–Crippen LogP) is 2.07. The first kappa shape index (κ1) is 19.5. The van der Waals surface area contributed by atoms with Crippen LogP contribution in [0.3, 0.4) is 0 Å². The van der Waals surface area contributed by atoms with E-state index in [0.717, 1.165) is 9.80 Å². The Bertz CT molecular complexity index is 1290. The number of imide groups is 2. The molecule has 8 heteroatoms. The van der Waals surface area contributed by atoms with E-state index in [1.54, 1.807) is 24.3 Å². The van der Waals surface area contributed by atoms with Crippen LogP contribution in [0.25, 0.3) is 0 Å². The molecule has 2 saturated heterocycles. The van der Waals surface area contributed by atoms with Crippen molar-refractivity contribution < 1.29 is 29.4 Å². The van der Waals surface area contributed by atoms with Crippen LogP contribution in [0.2, 0.25) is 0 Å². The molecule has 2 aromatic rings. The molecule has 4 amide bonds. The second kappa shape index (κ2) is 6.34. The first-order chi connectivity index (χ1) is 16.4. The highest BCUT2D eigenvalue weighted by atomic mass is 16.3. The molecule has 0 spiro atoms. The van der Waals surface area contributed by atoms with Crippen LogP contribution in [-0.4, -0.2) is 33.8 Å². The summed E-state index contributed by atoms with van der Waals surface area (Å²) in [5.74, 6) is -4.50. The average Bonchev–Trinajstić information content (AvgIpc) is 3.17. The van der Waals surface area contributed by atoms with E-state index in [4.69, 9.17) is 0 Å². The molecule has 34 heavy (non-hydrogen) atoms. The van der Waals surface area contributed by atoms with Crippen LogP contribution in [0.1, 0.15) is 0 Å². The maximum atomic E-state index is 13.5. The van der Waals surface area contributed by atoms with Crippen molar-refractivity contribution in [1.29, 1.82) is 0 Å². The van der Waals surface area contributed by atoms with Gasteiger partial charge in [-0.25, -0.2) is 9.80 Å². The molecule has 2 bridgehead atoms. The van der Waals surface area contributed by atoms with Crippen LogP contribution in [0.4, 0.5) is 11.4 Å². The summed E-state index contributed by atoms with van der Waals surface area (Å²) in [6.45, 7) is 0. The van der Waals surface area contributed by atoms with E-state index in [2.05, 4.69) is 0 Å². The van der Waals surface area contributed by atoms with E-state index in [0.29, 0.717) is 11.4 Å². The minimum absolute atomic E-state index is 0.0331. The molecular formula is C26H20N2O6. The maximum Gasteiger partial charge on any atom is 0.238 e. The van der Waals surface area contributed by atoms with Gasteiger partial charge in [-0.15, -0.1) is 0 Å². The minimum Gasteiger partial charge on any atom is -0.508 e. The van der Waals surface area contributed by atoms with Crippen LogP contribution in [0.5, 0.6) is 11.5 Å². The maximum absolute atomic E-state index is 13.5. The molecule has 8 nitrogen and oxygen atoms in total. The second-order valence-electron chi connectivity index (χ2n) is 9.86. The third-order valence-corrected chi connectivity index (χ3v) is 8.52. The van der Waals surface area contributed by atoms with Crippen LogP contribution in [-0.2, 0) is 19.2 Å². The van der Waals surface area contributed by atoms with Crippen molar-refractivity contribution >= 4 is 35.0 Å². The molecule has 0 radical (unpaired) electrons. The minimum atomic E-state index is -0.579. The van der Waals surface area contributed by atoms with Crippen molar-refractivity contribution in [2.45, 2.75) is 0 Å². The number of amides is 4. The van der Waals surface area contributed by atoms with Gasteiger partial charge in [0.2, 0.25) is 23.6 Å². The number of fused-ring (bicyclic) bond motifs is 1. The van der Waals surface area contributed by atoms with Gasteiger partial charge in [-0.1, -0.05) is 24.3 Å². The lowest BCUT2D eigenvalue weighted by atomic mass is 9.40. The van der Waals surface area contributed by atoms with Gasteiger partial charge in [0.15, 0.2) is 0 Å². The number of phenolic OH excluding ortho intramolecular Hbond substituents is 2. The SMILES string of the molecule is O=C1[C@@H]2[C@@H]3C=C[C@@H]([C@@H]2C(=O)N1c1cccc(O)c1)[C@H]1[C@H]2C(=O)N(c4cccc(O)c4)C(=O)[C@@H]2[C@H]31. The summed E-state index contributed by atoms with van der Waals surface area (Å²) < 4.78 is 0. The number of carbonyl (C=O) groups is 4. The molecule has 2 N–H and O–H groups in total. The molecule has 6 aliphatic rings. The smallest absolute Gasteiger partial charge is 0.238 e. The fourth-order valence-corrected chi connectivity index (χ4v) is 7.37. The zero-order chi connectivity index (χ0) is 23.5. The van der Waals surface area contributed by atoms with Gasteiger partial charge in [0, 0.05) is 12.1 Å². The standard InChI is InChI=1S/C26H20N2O6/c29-13-5-1-3-11(9-13)27-23(31)19-15-7-8-16(20(19)24(27)32)18-17(15)21-22(18)26(34)28(25(21)33)12-4-2-6-14(30)10-12/h1-10,15-22,29-30H/t15-,16-,17-,18-,19-,20+,21-,22-/m1/s1. The molecule has 4 aliphatic carbocycles. The second-order valence-corrected chi connectivity index (χ2v) is 9.86. The molecule has 8 rings (SSSR count). The molecule has 2 aliphatic heterocycles. The van der Waals surface area contributed by atoms with Crippen molar-refractivity contribution in [3.8, 4) is 11.5 Å². The largest absolute Gasteiger partial charge is 0.508 e. The number of allylic oxidation sites excluding steroid dienone is 2. The summed E-state index contributed by atoms with van der Waals surface area (Å²) in [6.07, 6.45) is 3.91. The Hall–Kier alpha value is -3.94. The van der Waals surface area contributed by atoms with Gasteiger partial charge in [0.1, 0.15) is 11.5 Å². The Morgan fingerprint density at radius 1 is 0.559 bits per heavy atom. The first-order valence-corrected chi connectivity index (χ1v) is 11.4. The van der Waals surface area contributed by atoms with Crippen molar-refractivity contribution in [3.05, 3.63) is 60.7 Å². The normalized spacial score (nSPS) is 37.1. The molecule has 2 saturated carbocycles. The molecule has 8 atom stereocenters. The molecule has 0 aromatic heterocycles. The van der Waals surface area contributed by atoms with E-state index < -0.39 is 23.7 Å². The van der Waals surface area contributed by atoms with E-state index in [1.165, 1.54) is 24.3 Å². The topological polar surface area (TPSA) is 115 Å². The lowest BCUT2D eigenvalue weighted by Gasteiger charge is -2.60. The van der Waals surface area contributed by atoms with Crippen LogP contribution in [0.15, 0.2) is 60.7 Å². The van der Waals surface area contributed by atoms with Crippen molar-refractivity contribution in [2.24, 2.45) is 47.3 Å². The molecule has 0 unspecified atom stereocenters. The third-order valence-electron chi connectivity index (χ3n) is 8.52. The third kappa shape index (κ3) is 2.18. The number of phenols is 2. The van der Waals surface area contributed by atoms with Gasteiger partial charge in [-0.3, -0.25) is 19.2 Å². The zero-order valence-corrected chi connectivity index (χ0v) is 17.8. The van der Waals surface area contributed by atoms with Crippen LogP contribution in [0, 0.1) is 47.3 Å². The van der Waals surface area contributed by atoms with Gasteiger partial charge < -0.3 is 10.2 Å². The highest BCUT2D eigenvalue weighted by Gasteiger charge is 2.75. The lowest BCUT2D eigenvalue weighted by Crippen LogP contribution is -2.63. The fourth-order valence-electron chi connectivity index (χ4n) is 7.37. The summed E-state index contributed by atoms with van der Waals surface area (Å²) in [7, 11) is 0. The van der Waals surface area contributed by atoms with Gasteiger partial charge in [0.05, 0.1) is 35.0 Å². The van der Waals surface area contributed by atoms with E-state index in [-0.39, 0.29) is 58.8 Å². The number of aromatic hydroxyl groups is 2. The average molecular weight is 456 g/mol. The number of hydrogen-bond donors (Lipinski definition) is 2. The van der Waals surface area contributed by atoms with Gasteiger partial charge >= 0.3 is 0 Å². The van der Waals surface area contributed by atoms with Gasteiger partial charge in [-0.2, -0.15) is 0 Å². The predicted molar refractivity (Wildman–Crippen MR) is 118 cm³/mol. The van der Waals surface area contributed by atoms with E-state index in [1.807, 2.05) is 12.2 Å². The van der Waals surface area contributed by atoms with Gasteiger partial charge in [-0.05, 0) is 47.9 Å². The number of nitrogens with zero attached hydrogens (tertiary/aromatic N) is 2. The Morgan fingerprint density at radius 3 is 1.32 bits per heavy atom. The van der Waals surface area contributed by atoms with Crippen LogP contribution < -0.4 is 9.80 Å². The van der Waals surface area contributed by atoms with Crippen LogP contribution >= 0.6 is 0 Å². The monoisotopic (exact) mass is 456 g/mol. The summed E-state index contributed by atoms with van der Waals surface area (Å²) in [5.41, 5.74) is 0.669. The molecular weight excluding hydrogens is 436 g/mol. The Labute approximate surface area is 194 Å². The Kier molecular flexibility index (Phi) is 3.64. The van der Waals surface area contributed by atoms with E-state index >= 15 is 0 Å². The highest BCUT2D eigenvalue weighted by molar-refractivity contribution is 6.25. The summed E-state index contributed by atoms with van der Waals surface area (Å²) in [6, 6.07) is 12.1. The first-order valence-electron chi connectivity index (χ1n) is 11.4. The Morgan fingerprint density at radius 2 is 0.941 bits per heavy atom. The quantitative estimate of drug-likeness (QED) is 0.528. The fraction of sp³-hybridized carbons (Fsp3) is 0.308. The van der Waals surface area contributed by atoms with Crippen molar-refractivity contribution in [3.63, 3.8) is 0 Å². The molecule has 2 aromatic carbocycles. The summed E-state index contributed by atoms with van der Waals surface area (Å²) >= 11 is 0. The lowest BCUT2D eigenvalue weighted by molar-refractivity contribution is -0.166. The zero-order valence-electron chi connectivity index (χ0n) is 17.8. The molecule has 170 valence electrons. The van der Waals surface area contributed by atoms with Crippen molar-refractivity contribution in [1.82, 2.24) is 0 Å². The van der Waals surface area contributed by atoms with E-state index in [9.17, 15) is 29.4 Å². The van der Waals surface area contributed by atoms with Gasteiger partial charge in [0.25, 0.3) is 0 Å². The number of anilines is 2.